The monoisotopic (exact) mass is 442 g/mol. The van der Waals surface area contributed by atoms with Gasteiger partial charge in [0.1, 0.15) is 0 Å². The van der Waals surface area contributed by atoms with Gasteiger partial charge in [-0.05, 0) is 0 Å². The third-order valence-electron chi connectivity index (χ3n) is 6.16. The molecule has 0 aliphatic carbocycles. The van der Waals surface area contributed by atoms with Gasteiger partial charge in [0.15, 0.2) is 0 Å². The molecule has 1 atom stereocenters. The first kappa shape index (κ1) is 23.9. The summed E-state index contributed by atoms with van der Waals surface area (Å²) < 4.78 is 0. The molecule has 160 valence electrons. The van der Waals surface area contributed by atoms with Crippen LogP contribution < -0.4 is 5.30 Å². The molecule has 0 saturated carbocycles. The molecule has 0 amide bonds. The number of fused-ring (bicyclic) bond motifs is 3. The summed E-state index contributed by atoms with van der Waals surface area (Å²) in [6.45, 7) is 11.2. The van der Waals surface area contributed by atoms with Crippen molar-refractivity contribution in [2.45, 2.75) is 52.1 Å². The van der Waals surface area contributed by atoms with Crippen LogP contribution in [-0.2, 0) is 0 Å². The topological polar surface area (TPSA) is 0 Å². The van der Waals surface area contributed by atoms with Crippen molar-refractivity contribution in [3.63, 3.8) is 0 Å². The molecule has 0 spiro atoms. The van der Waals surface area contributed by atoms with Crippen molar-refractivity contribution in [3.05, 3.63) is 53.1 Å². The molecular weight excluding hydrogens is 415 g/mol. The summed E-state index contributed by atoms with van der Waals surface area (Å²) in [4.78, 5) is 0. The Balaban J connectivity index is 2.47. The average Bonchev–Trinajstić information content (AvgIpc) is 2.81. The van der Waals surface area contributed by atoms with E-state index in [-0.39, 0.29) is 5.66 Å². The molecule has 0 fully saturated rings. The van der Waals surface area contributed by atoms with E-state index in [1.54, 1.807) is 0 Å². The fourth-order valence-electron chi connectivity index (χ4n) is 4.44. The zero-order valence-corrected chi connectivity index (χ0v) is 20.9. The van der Waals surface area contributed by atoms with E-state index in [0.29, 0.717) is 11.8 Å². The molecule has 1 aliphatic rings. The molecule has 2 aromatic carbocycles. The predicted octanol–water partition coefficient (Wildman–Crippen LogP) is 6.25. The average molecular weight is 443 g/mol. The van der Waals surface area contributed by atoms with Gasteiger partial charge in [0.2, 0.25) is 0 Å². The van der Waals surface area contributed by atoms with Crippen molar-refractivity contribution in [2.24, 2.45) is 0 Å². The Labute approximate surface area is 200 Å². The standard InChI is InChI=1S/C32H27P/c1-8-10-12-16-20-33(21-17-13-11-9-2)26(7)30-23-27(24(3)4)22-29(25(5)6)32(30)28-18-14-15-19-31(28)33/h1-2,14-15,18-19,22-26,33H,3-7H3. The Morgan fingerprint density at radius 3 is 1.94 bits per heavy atom. The maximum atomic E-state index is 5.31. The van der Waals surface area contributed by atoms with Gasteiger partial charge in [0.05, 0.1) is 0 Å². The van der Waals surface area contributed by atoms with Gasteiger partial charge < -0.3 is 0 Å². The summed E-state index contributed by atoms with van der Waals surface area (Å²) in [7, 11) is -2.74. The fourth-order valence-corrected chi connectivity index (χ4v) is 7.88. The van der Waals surface area contributed by atoms with Gasteiger partial charge in [0, 0.05) is 0 Å². The first-order valence-electron chi connectivity index (χ1n) is 11.1. The molecule has 0 radical (unpaired) electrons. The fraction of sp³-hybridized carbons (Fsp3) is 0.250. The second-order valence-corrected chi connectivity index (χ2v) is 12.3. The van der Waals surface area contributed by atoms with E-state index in [1.165, 1.54) is 33.1 Å². The molecular formula is C32H27P. The SMILES string of the molecule is C#CC#CC#C[PH]1(C#CC#CC#C)c2ccccc2-c2c(C(C)C)cc(C(C)C)cc2C1C. The molecule has 33 heavy (non-hydrogen) atoms. The number of terminal acetylenes is 2. The summed E-state index contributed by atoms with van der Waals surface area (Å²) in [5, 5.41) is 1.20. The van der Waals surface area contributed by atoms with Crippen LogP contribution >= 0.6 is 7.26 Å². The summed E-state index contributed by atoms with van der Waals surface area (Å²) in [6, 6.07) is 13.3. The Bertz CT molecular complexity index is 1370. The van der Waals surface area contributed by atoms with Crippen LogP contribution in [0.1, 0.15) is 68.8 Å². The van der Waals surface area contributed by atoms with Crippen LogP contribution in [0.4, 0.5) is 0 Å². The Hall–Kier alpha value is -3.77. The molecule has 3 rings (SSSR count). The van der Waals surface area contributed by atoms with E-state index < -0.39 is 7.26 Å². The van der Waals surface area contributed by atoms with Crippen LogP contribution in [-0.4, -0.2) is 0 Å². The zero-order chi connectivity index (χ0) is 24.0. The quantitative estimate of drug-likeness (QED) is 0.381. The van der Waals surface area contributed by atoms with Gasteiger partial charge >= 0.3 is 200 Å². The summed E-state index contributed by atoms with van der Waals surface area (Å²) >= 11 is 0. The maximum absolute atomic E-state index is 5.31. The summed E-state index contributed by atoms with van der Waals surface area (Å²) in [6.07, 6.45) is 10.6. The molecule has 0 nitrogen and oxygen atoms in total. The minimum absolute atomic E-state index is 0.124. The molecule has 0 aromatic heterocycles. The molecule has 1 heteroatoms. The van der Waals surface area contributed by atoms with E-state index in [1.807, 2.05) is 0 Å². The van der Waals surface area contributed by atoms with Gasteiger partial charge in [-0.25, -0.2) is 0 Å². The van der Waals surface area contributed by atoms with Crippen LogP contribution in [0.2, 0.25) is 0 Å². The van der Waals surface area contributed by atoms with Gasteiger partial charge in [-0.2, -0.15) is 0 Å². The van der Waals surface area contributed by atoms with Crippen LogP contribution in [0.15, 0.2) is 36.4 Å². The molecule has 1 unspecified atom stereocenters. The number of hydrogen-bond donors (Lipinski definition) is 0. The Morgan fingerprint density at radius 1 is 0.788 bits per heavy atom. The normalized spacial score (nSPS) is 15.2. The Morgan fingerprint density at radius 2 is 1.39 bits per heavy atom. The van der Waals surface area contributed by atoms with Crippen LogP contribution in [0.5, 0.6) is 0 Å². The van der Waals surface area contributed by atoms with E-state index in [2.05, 4.69) is 130 Å². The van der Waals surface area contributed by atoms with Gasteiger partial charge in [0.25, 0.3) is 0 Å². The van der Waals surface area contributed by atoms with Gasteiger partial charge in [-0.3, -0.25) is 0 Å². The van der Waals surface area contributed by atoms with Crippen molar-refractivity contribution >= 4 is 12.6 Å². The van der Waals surface area contributed by atoms with Crippen LogP contribution in [0, 0.1) is 71.5 Å². The molecule has 0 bridgehead atoms. The van der Waals surface area contributed by atoms with E-state index in [9.17, 15) is 0 Å². The number of benzene rings is 2. The minimum atomic E-state index is -2.74. The Kier molecular flexibility index (Phi) is 7.41. The second kappa shape index (κ2) is 10.2. The van der Waals surface area contributed by atoms with E-state index in [0.717, 1.165) is 0 Å². The predicted molar refractivity (Wildman–Crippen MR) is 145 cm³/mol. The first-order valence-corrected chi connectivity index (χ1v) is 13.2. The molecule has 1 aliphatic heterocycles. The van der Waals surface area contributed by atoms with Crippen LogP contribution in [0.25, 0.3) is 11.1 Å². The van der Waals surface area contributed by atoms with Crippen molar-refractivity contribution in [1.82, 2.24) is 0 Å². The van der Waals surface area contributed by atoms with Gasteiger partial charge in [-0.1, -0.05) is 0 Å². The van der Waals surface area contributed by atoms with Crippen molar-refractivity contribution in [1.29, 1.82) is 0 Å². The van der Waals surface area contributed by atoms with Crippen molar-refractivity contribution in [2.75, 3.05) is 0 Å². The zero-order valence-electron chi connectivity index (χ0n) is 19.9. The number of hydrogen-bond acceptors (Lipinski definition) is 0. The van der Waals surface area contributed by atoms with E-state index >= 15 is 0 Å². The van der Waals surface area contributed by atoms with E-state index in [4.69, 9.17) is 12.8 Å². The van der Waals surface area contributed by atoms with Crippen molar-refractivity contribution in [3.8, 4) is 82.7 Å². The third kappa shape index (κ3) is 4.56. The number of rotatable bonds is 2. The molecule has 1 heterocycles. The van der Waals surface area contributed by atoms with Crippen LogP contribution in [0.3, 0.4) is 0 Å². The second-order valence-electron chi connectivity index (χ2n) is 8.75. The molecule has 2 aromatic rings. The van der Waals surface area contributed by atoms with Gasteiger partial charge in [-0.15, -0.1) is 0 Å². The molecule has 0 saturated heterocycles. The first-order chi connectivity index (χ1) is 15.9. The summed E-state index contributed by atoms with van der Waals surface area (Å²) in [5.41, 5.74) is 13.7. The van der Waals surface area contributed by atoms with Crippen molar-refractivity contribution < 1.29 is 0 Å². The summed E-state index contributed by atoms with van der Waals surface area (Å²) in [5.74, 6) is 22.4. The molecule has 0 N–H and O–H groups in total. The third-order valence-corrected chi connectivity index (χ3v) is 10.1.